The zero-order valence-corrected chi connectivity index (χ0v) is 10.5. The van der Waals surface area contributed by atoms with E-state index in [1.165, 1.54) is 20.3 Å². The molecule has 2 unspecified atom stereocenters. The minimum atomic E-state index is -4.47. The van der Waals surface area contributed by atoms with E-state index in [0.29, 0.717) is 0 Å². The van der Waals surface area contributed by atoms with Gasteiger partial charge in [-0.1, -0.05) is 20.8 Å². The van der Waals surface area contributed by atoms with Gasteiger partial charge in [-0.2, -0.15) is 13.2 Å². The molecule has 0 bridgehead atoms. The second-order valence-corrected chi connectivity index (χ2v) is 7.14. The van der Waals surface area contributed by atoms with E-state index in [9.17, 15) is 17.7 Å². The summed E-state index contributed by atoms with van der Waals surface area (Å²) in [6, 6.07) is 0. The topological polar surface area (TPSA) is 26.3 Å². The van der Waals surface area contributed by atoms with Crippen LogP contribution in [0.1, 0.15) is 20.8 Å². The van der Waals surface area contributed by atoms with Crippen molar-refractivity contribution in [2.75, 3.05) is 13.3 Å². The van der Waals surface area contributed by atoms with Crippen molar-refractivity contribution >= 4 is 7.37 Å². The Bertz CT molecular complexity index is 244. The largest absolute Gasteiger partial charge is 0.415 e. The van der Waals surface area contributed by atoms with E-state index in [4.69, 9.17) is 0 Å². The molecule has 0 aromatic heterocycles. The number of halogens is 3. The molecule has 0 aromatic carbocycles. The van der Waals surface area contributed by atoms with Crippen LogP contribution in [0.2, 0.25) is 0 Å². The second kappa shape index (κ2) is 4.88. The van der Waals surface area contributed by atoms with Gasteiger partial charge in [0, 0.05) is 13.3 Å². The molecule has 0 aliphatic carbocycles. The number of alkyl halides is 3. The second-order valence-electron chi connectivity index (χ2n) is 4.42. The van der Waals surface area contributed by atoms with E-state index in [1.54, 1.807) is 13.8 Å². The molecule has 0 spiro atoms. The van der Waals surface area contributed by atoms with Gasteiger partial charge in [-0.15, -0.1) is 0 Å². The van der Waals surface area contributed by atoms with Crippen LogP contribution in [0, 0.1) is 11.8 Å². The Kier molecular flexibility index (Phi) is 4.87. The summed E-state index contributed by atoms with van der Waals surface area (Å²) >= 11 is 0. The molecule has 2 atom stereocenters. The molecule has 0 radical (unpaired) electrons. The molecule has 0 heterocycles. The average Bonchev–Trinajstić information content (AvgIpc) is 1.94. The first-order chi connectivity index (χ1) is 6.45. The summed E-state index contributed by atoms with van der Waals surface area (Å²) in [6.07, 6.45) is -6.41. The van der Waals surface area contributed by atoms with E-state index in [2.05, 4.69) is 4.52 Å². The normalized spacial score (nSPS) is 17.9. The Morgan fingerprint density at radius 3 is 1.73 bits per heavy atom. The third kappa shape index (κ3) is 5.57. The predicted molar refractivity (Wildman–Crippen MR) is 54.4 cm³/mol. The van der Waals surface area contributed by atoms with Crippen LogP contribution in [-0.2, 0) is 9.09 Å². The SMILES string of the molecule is CC(C)C(C)C(OP(C)(C)=O)C(F)(F)F. The fourth-order valence-electron chi connectivity index (χ4n) is 1.08. The van der Waals surface area contributed by atoms with Gasteiger partial charge in [-0.05, 0) is 11.8 Å². The smallest absolute Gasteiger partial charge is 0.316 e. The molecule has 0 aliphatic heterocycles. The molecule has 0 saturated heterocycles. The van der Waals surface area contributed by atoms with Gasteiger partial charge < -0.3 is 4.52 Å². The summed E-state index contributed by atoms with van der Waals surface area (Å²) in [5, 5.41) is 0. The summed E-state index contributed by atoms with van der Waals surface area (Å²) in [6.45, 7) is 7.21. The van der Waals surface area contributed by atoms with Crippen LogP contribution < -0.4 is 0 Å². The molecule has 0 N–H and O–H groups in total. The van der Waals surface area contributed by atoms with Gasteiger partial charge in [0.15, 0.2) is 13.5 Å². The molecule has 2 nitrogen and oxygen atoms in total. The molecule has 15 heavy (non-hydrogen) atoms. The van der Waals surface area contributed by atoms with Crippen molar-refractivity contribution in [3.05, 3.63) is 0 Å². The van der Waals surface area contributed by atoms with Crippen LogP contribution in [0.25, 0.3) is 0 Å². The maximum atomic E-state index is 12.6. The number of hydrogen-bond donors (Lipinski definition) is 0. The Hall–Kier alpha value is -0.0200. The minimum absolute atomic E-state index is 0.178. The van der Waals surface area contributed by atoms with E-state index >= 15 is 0 Å². The van der Waals surface area contributed by atoms with Crippen molar-refractivity contribution in [1.82, 2.24) is 0 Å². The molecule has 0 amide bonds. The maximum absolute atomic E-state index is 12.6. The van der Waals surface area contributed by atoms with Crippen LogP contribution >= 0.6 is 7.37 Å². The molecule has 0 rings (SSSR count). The Labute approximate surface area is 88.6 Å². The molecule has 0 fully saturated rings. The fourth-order valence-corrected chi connectivity index (χ4v) is 1.94. The Balaban J connectivity index is 4.84. The van der Waals surface area contributed by atoms with Crippen LogP contribution in [0.5, 0.6) is 0 Å². The molecular formula is C9H18F3O2P. The van der Waals surface area contributed by atoms with E-state index in [0.717, 1.165) is 0 Å². The molecule has 6 heteroatoms. The van der Waals surface area contributed by atoms with Gasteiger partial charge in [0.05, 0.1) is 0 Å². The molecule has 0 aliphatic rings. The van der Waals surface area contributed by atoms with E-state index in [-0.39, 0.29) is 5.92 Å². The standard InChI is InChI=1S/C9H18F3O2P/c1-6(2)7(3)8(9(10,11)12)14-15(4,5)13/h6-8H,1-5H3. The van der Waals surface area contributed by atoms with E-state index < -0.39 is 25.6 Å². The third-order valence-electron chi connectivity index (χ3n) is 2.22. The van der Waals surface area contributed by atoms with Gasteiger partial charge in [-0.3, -0.25) is 4.57 Å². The monoisotopic (exact) mass is 246 g/mol. The Morgan fingerprint density at radius 2 is 1.53 bits per heavy atom. The number of hydrogen-bond acceptors (Lipinski definition) is 2. The highest BCUT2D eigenvalue weighted by Crippen LogP contribution is 2.45. The van der Waals surface area contributed by atoms with Crippen LogP contribution in [0.3, 0.4) is 0 Å². The lowest BCUT2D eigenvalue weighted by atomic mass is 9.92. The molecule has 0 saturated carbocycles. The fraction of sp³-hybridized carbons (Fsp3) is 1.00. The van der Waals surface area contributed by atoms with Crippen molar-refractivity contribution in [2.24, 2.45) is 11.8 Å². The summed E-state index contributed by atoms with van der Waals surface area (Å²) in [4.78, 5) is 0. The lowest BCUT2D eigenvalue weighted by molar-refractivity contribution is -0.211. The lowest BCUT2D eigenvalue weighted by Crippen LogP contribution is -2.38. The molecule has 92 valence electrons. The summed E-state index contributed by atoms with van der Waals surface area (Å²) < 4.78 is 53.8. The van der Waals surface area contributed by atoms with Gasteiger partial charge in [0.25, 0.3) is 0 Å². The van der Waals surface area contributed by atoms with Crippen molar-refractivity contribution in [3.63, 3.8) is 0 Å². The highest BCUT2D eigenvalue weighted by Gasteiger charge is 2.46. The zero-order chi connectivity index (χ0) is 12.4. The predicted octanol–water partition coefficient (Wildman–Crippen LogP) is 3.76. The van der Waals surface area contributed by atoms with Gasteiger partial charge in [-0.25, -0.2) is 0 Å². The van der Waals surface area contributed by atoms with Gasteiger partial charge >= 0.3 is 6.18 Å². The first-order valence-corrected chi connectivity index (χ1v) is 7.27. The van der Waals surface area contributed by atoms with Crippen molar-refractivity contribution in [2.45, 2.75) is 33.1 Å². The maximum Gasteiger partial charge on any atom is 0.415 e. The first-order valence-electron chi connectivity index (χ1n) is 4.75. The molecular weight excluding hydrogens is 228 g/mol. The summed E-state index contributed by atoms with van der Waals surface area (Å²) in [7, 11) is -3.13. The zero-order valence-electron chi connectivity index (χ0n) is 9.63. The van der Waals surface area contributed by atoms with Crippen LogP contribution in [-0.4, -0.2) is 25.6 Å². The van der Waals surface area contributed by atoms with Gasteiger partial charge in [0.2, 0.25) is 0 Å². The van der Waals surface area contributed by atoms with Crippen LogP contribution in [0.15, 0.2) is 0 Å². The summed E-state index contributed by atoms with van der Waals surface area (Å²) in [5.74, 6) is -0.888. The Morgan fingerprint density at radius 1 is 1.13 bits per heavy atom. The quantitative estimate of drug-likeness (QED) is 0.706. The molecule has 0 aromatic rings. The van der Waals surface area contributed by atoms with Gasteiger partial charge in [0.1, 0.15) is 0 Å². The van der Waals surface area contributed by atoms with Crippen molar-refractivity contribution in [1.29, 1.82) is 0 Å². The minimum Gasteiger partial charge on any atom is -0.316 e. The van der Waals surface area contributed by atoms with Crippen LogP contribution in [0.4, 0.5) is 13.2 Å². The number of rotatable bonds is 4. The lowest BCUT2D eigenvalue weighted by Gasteiger charge is -2.30. The first kappa shape index (κ1) is 15.0. The van der Waals surface area contributed by atoms with Crippen molar-refractivity contribution in [3.8, 4) is 0 Å². The van der Waals surface area contributed by atoms with Crippen molar-refractivity contribution < 1.29 is 22.3 Å². The highest BCUT2D eigenvalue weighted by molar-refractivity contribution is 7.57. The summed E-state index contributed by atoms with van der Waals surface area (Å²) in [5.41, 5.74) is 0. The third-order valence-corrected chi connectivity index (χ3v) is 2.95. The average molecular weight is 246 g/mol. The highest BCUT2D eigenvalue weighted by atomic mass is 31.2. The van der Waals surface area contributed by atoms with E-state index in [1.807, 2.05) is 0 Å².